The maximum Gasteiger partial charge on any atom is 0.321 e. The van der Waals surface area contributed by atoms with Gasteiger partial charge in [-0.25, -0.2) is 4.98 Å². The third-order valence-corrected chi connectivity index (χ3v) is 5.64. The first-order valence-corrected chi connectivity index (χ1v) is 10.8. The molecule has 6 nitrogen and oxygen atoms in total. The second-order valence-electron chi connectivity index (χ2n) is 7.36. The van der Waals surface area contributed by atoms with E-state index < -0.39 is 3.93 Å². The Morgan fingerprint density at radius 1 is 1.23 bits per heavy atom. The summed E-state index contributed by atoms with van der Waals surface area (Å²) in [7, 11) is 1.85. The van der Waals surface area contributed by atoms with Gasteiger partial charge in [0.1, 0.15) is 5.82 Å². The van der Waals surface area contributed by atoms with Gasteiger partial charge in [-0.3, -0.25) is 0 Å². The largest absolute Gasteiger partial charge is 0.375 e. The SMILES string of the molecule is CC1CN(c2nc(N(C)Cc3ccccc3C(F)(F)I)c3cccnc3n2)CCO1. The van der Waals surface area contributed by atoms with Gasteiger partial charge in [0, 0.05) is 61.0 Å². The van der Waals surface area contributed by atoms with Crippen molar-refractivity contribution >= 4 is 45.4 Å². The molecule has 0 bridgehead atoms. The number of nitrogens with zero attached hydrogens (tertiary/aromatic N) is 5. The molecule has 1 unspecified atom stereocenters. The molecule has 0 saturated carbocycles. The molecular formula is C21H22F2IN5O. The number of rotatable bonds is 5. The fourth-order valence-corrected chi connectivity index (χ4v) is 4.16. The van der Waals surface area contributed by atoms with Gasteiger partial charge in [-0.05, 0) is 24.6 Å². The summed E-state index contributed by atoms with van der Waals surface area (Å²) in [5.74, 6) is 1.24. The normalized spacial score (nSPS) is 17.4. The molecule has 2 aromatic heterocycles. The fraction of sp³-hybridized carbons (Fsp3) is 0.381. The second kappa shape index (κ2) is 8.54. The molecule has 0 radical (unpaired) electrons. The summed E-state index contributed by atoms with van der Waals surface area (Å²) in [6, 6.07) is 10.3. The summed E-state index contributed by atoms with van der Waals surface area (Å²) in [5.41, 5.74) is 1.14. The van der Waals surface area contributed by atoms with Gasteiger partial charge in [-0.15, -0.1) is 0 Å². The van der Waals surface area contributed by atoms with Crippen LogP contribution in [-0.2, 0) is 15.2 Å². The maximum absolute atomic E-state index is 14.1. The highest BCUT2D eigenvalue weighted by molar-refractivity contribution is 14.1. The third kappa shape index (κ3) is 4.46. The smallest absolute Gasteiger partial charge is 0.321 e. The van der Waals surface area contributed by atoms with E-state index in [1.165, 1.54) is 28.7 Å². The summed E-state index contributed by atoms with van der Waals surface area (Å²) in [4.78, 5) is 17.8. The molecule has 1 atom stereocenters. The molecule has 0 N–H and O–H groups in total. The minimum absolute atomic E-state index is 0.0103. The van der Waals surface area contributed by atoms with Crippen LogP contribution < -0.4 is 9.80 Å². The number of fused-ring (bicyclic) bond motifs is 1. The van der Waals surface area contributed by atoms with E-state index in [0.29, 0.717) is 42.7 Å². The van der Waals surface area contributed by atoms with Crippen molar-refractivity contribution in [1.29, 1.82) is 0 Å². The Morgan fingerprint density at radius 3 is 2.80 bits per heavy atom. The molecule has 1 aliphatic heterocycles. The highest BCUT2D eigenvalue weighted by Crippen LogP contribution is 2.38. The summed E-state index contributed by atoms with van der Waals surface area (Å²) < 4.78 is 30.8. The van der Waals surface area contributed by atoms with E-state index in [2.05, 4.69) is 14.9 Å². The van der Waals surface area contributed by atoms with Crippen molar-refractivity contribution in [1.82, 2.24) is 15.0 Å². The van der Waals surface area contributed by atoms with E-state index in [9.17, 15) is 8.78 Å². The highest BCUT2D eigenvalue weighted by Gasteiger charge is 2.30. The molecule has 0 amide bonds. The van der Waals surface area contributed by atoms with Crippen molar-refractivity contribution in [3.05, 3.63) is 53.7 Å². The molecular weight excluding hydrogens is 503 g/mol. The average molecular weight is 525 g/mol. The van der Waals surface area contributed by atoms with E-state index in [-0.39, 0.29) is 18.2 Å². The standard InChI is InChI=1S/C21H22F2IN5O/c1-14-12-29(10-11-30-14)20-26-18-16(7-5-9-25-18)19(27-20)28(2)13-15-6-3-4-8-17(15)21(22,23)24/h3-9,14H,10-13H2,1-2H3. The zero-order valence-electron chi connectivity index (χ0n) is 16.7. The predicted molar refractivity (Wildman–Crippen MR) is 121 cm³/mol. The number of halogens is 3. The van der Waals surface area contributed by atoms with Crippen molar-refractivity contribution in [2.24, 2.45) is 0 Å². The van der Waals surface area contributed by atoms with Crippen LogP contribution in [0.2, 0.25) is 0 Å². The topological polar surface area (TPSA) is 54.4 Å². The third-order valence-electron chi connectivity index (χ3n) is 5.06. The second-order valence-corrected chi connectivity index (χ2v) is 8.72. The molecule has 0 aliphatic carbocycles. The van der Waals surface area contributed by atoms with Gasteiger partial charge >= 0.3 is 3.93 Å². The zero-order chi connectivity index (χ0) is 21.3. The van der Waals surface area contributed by atoms with Gasteiger partial charge in [-0.2, -0.15) is 18.7 Å². The predicted octanol–water partition coefficient (Wildman–Crippen LogP) is 4.37. The summed E-state index contributed by atoms with van der Waals surface area (Å²) >= 11 is 1.17. The first-order chi connectivity index (χ1) is 14.3. The molecule has 9 heteroatoms. The zero-order valence-corrected chi connectivity index (χ0v) is 18.9. The monoisotopic (exact) mass is 525 g/mol. The van der Waals surface area contributed by atoms with Crippen molar-refractivity contribution in [3.63, 3.8) is 0 Å². The highest BCUT2D eigenvalue weighted by atomic mass is 127. The van der Waals surface area contributed by atoms with E-state index in [0.717, 1.165) is 5.39 Å². The number of hydrogen-bond donors (Lipinski definition) is 0. The number of anilines is 2. The molecule has 1 aromatic carbocycles. The molecule has 1 aliphatic rings. The Balaban J connectivity index is 1.73. The summed E-state index contributed by atoms with van der Waals surface area (Å²) in [5, 5.41) is 0.781. The van der Waals surface area contributed by atoms with Gasteiger partial charge in [0.25, 0.3) is 0 Å². The molecule has 1 saturated heterocycles. The molecule has 3 heterocycles. The quantitative estimate of drug-likeness (QED) is 0.365. The van der Waals surface area contributed by atoms with Crippen LogP contribution in [0.3, 0.4) is 0 Å². The molecule has 30 heavy (non-hydrogen) atoms. The van der Waals surface area contributed by atoms with Gasteiger partial charge in [-0.1, -0.05) is 24.3 Å². The van der Waals surface area contributed by atoms with Gasteiger partial charge in [0.15, 0.2) is 5.65 Å². The van der Waals surface area contributed by atoms with Crippen molar-refractivity contribution < 1.29 is 13.5 Å². The van der Waals surface area contributed by atoms with Crippen LogP contribution in [0.5, 0.6) is 0 Å². The Bertz CT molecular complexity index is 1050. The van der Waals surface area contributed by atoms with Gasteiger partial charge in [0.05, 0.1) is 18.1 Å². The maximum atomic E-state index is 14.1. The number of alkyl halides is 3. The lowest BCUT2D eigenvalue weighted by Crippen LogP contribution is -2.42. The lowest BCUT2D eigenvalue weighted by atomic mass is 10.1. The summed E-state index contributed by atoms with van der Waals surface area (Å²) in [6.45, 7) is 4.28. The van der Waals surface area contributed by atoms with Crippen molar-refractivity contribution in [2.75, 3.05) is 36.5 Å². The van der Waals surface area contributed by atoms with Crippen LogP contribution in [0.15, 0.2) is 42.6 Å². The van der Waals surface area contributed by atoms with Crippen LogP contribution in [0.1, 0.15) is 18.1 Å². The molecule has 0 spiro atoms. The minimum Gasteiger partial charge on any atom is -0.375 e. The number of benzene rings is 1. The number of hydrogen-bond acceptors (Lipinski definition) is 6. The van der Waals surface area contributed by atoms with Crippen LogP contribution in [0, 0.1) is 0 Å². The van der Waals surface area contributed by atoms with Gasteiger partial charge < -0.3 is 14.5 Å². The lowest BCUT2D eigenvalue weighted by Gasteiger charge is -2.32. The molecule has 1 fully saturated rings. The first kappa shape index (κ1) is 21.1. The Morgan fingerprint density at radius 2 is 2.03 bits per heavy atom. The molecule has 158 valence electrons. The molecule has 4 rings (SSSR count). The number of pyridine rings is 1. The first-order valence-electron chi connectivity index (χ1n) is 9.68. The van der Waals surface area contributed by atoms with Crippen LogP contribution in [0.4, 0.5) is 20.5 Å². The minimum atomic E-state index is -2.94. The van der Waals surface area contributed by atoms with Crippen molar-refractivity contribution in [3.8, 4) is 0 Å². The number of ether oxygens (including phenoxy) is 1. The van der Waals surface area contributed by atoms with Crippen molar-refractivity contribution in [2.45, 2.75) is 23.5 Å². The van der Waals surface area contributed by atoms with E-state index in [1.807, 2.05) is 31.0 Å². The van der Waals surface area contributed by atoms with Crippen LogP contribution >= 0.6 is 22.6 Å². The Hall–Kier alpha value is -2.14. The fourth-order valence-electron chi connectivity index (χ4n) is 3.63. The Kier molecular flexibility index (Phi) is 6.01. The Labute approximate surface area is 187 Å². The number of morpholine rings is 1. The average Bonchev–Trinajstić information content (AvgIpc) is 2.72. The number of aromatic nitrogens is 3. The van der Waals surface area contributed by atoms with E-state index in [1.54, 1.807) is 24.4 Å². The van der Waals surface area contributed by atoms with Crippen LogP contribution in [-0.4, -0.2) is 47.8 Å². The van der Waals surface area contributed by atoms with Gasteiger partial charge in [0.2, 0.25) is 5.95 Å². The van der Waals surface area contributed by atoms with Crippen LogP contribution in [0.25, 0.3) is 11.0 Å². The van der Waals surface area contributed by atoms with E-state index in [4.69, 9.17) is 9.72 Å². The summed E-state index contributed by atoms with van der Waals surface area (Å²) in [6.07, 6.45) is 1.78. The lowest BCUT2D eigenvalue weighted by molar-refractivity contribution is 0.0526. The van der Waals surface area contributed by atoms with E-state index >= 15 is 0 Å². The molecule has 3 aromatic rings.